The number of nitrogens with two attached hydrogens (primary N) is 1. The van der Waals surface area contributed by atoms with E-state index in [0.717, 1.165) is 16.7 Å². The lowest BCUT2D eigenvalue weighted by Crippen LogP contribution is -2.60. The molecule has 9 heteroatoms. The van der Waals surface area contributed by atoms with Gasteiger partial charge in [-0.1, -0.05) is 25.3 Å². The van der Waals surface area contributed by atoms with Crippen LogP contribution in [0.4, 0.5) is 0 Å². The minimum atomic E-state index is -1.62. The Hall–Kier alpha value is -2.78. The molecule has 2 fully saturated rings. The molecule has 204 valence electrons. The molecule has 1 amide bonds. The number of amides is 1. The molecule has 2 saturated carbocycles. The molecule has 8 nitrogen and oxygen atoms in total. The minimum Gasteiger partial charge on any atom is -0.510 e. The van der Waals surface area contributed by atoms with E-state index in [0.29, 0.717) is 23.8 Å². The van der Waals surface area contributed by atoms with Crippen LogP contribution in [0.1, 0.15) is 67.7 Å². The quantitative estimate of drug-likeness (QED) is 0.354. The maximum atomic E-state index is 14.1. The molecule has 0 spiro atoms. The van der Waals surface area contributed by atoms with Gasteiger partial charge in [-0.25, -0.2) is 0 Å². The maximum Gasteiger partial charge on any atom is 0.255 e. The van der Waals surface area contributed by atoms with E-state index in [4.69, 9.17) is 5.73 Å². The van der Waals surface area contributed by atoms with Gasteiger partial charge in [0.15, 0.2) is 11.6 Å². The lowest BCUT2D eigenvalue weighted by molar-refractivity contribution is -0.136. The number of primary amides is 1. The first-order valence-electron chi connectivity index (χ1n) is 13.4. The van der Waals surface area contributed by atoms with Crippen molar-refractivity contribution < 1.29 is 29.7 Å². The fourth-order valence-electron chi connectivity index (χ4n) is 7.18. The fraction of sp³-hybridized carbons (Fsp3) is 0.552. The van der Waals surface area contributed by atoms with Crippen molar-refractivity contribution in [2.45, 2.75) is 75.8 Å². The van der Waals surface area contributed by atoms with Crippen molar-refractivity contribution in [1.82, 2.24) is 5.32 Å². The standard InChI is InChI=1S/C29H36N2O6S/c1-13-9-15(12-38-16-7-5-4-6-8-16)23(32)20-17(13)10-14-11-18-22(31-3)25(34)21(28(30)37)27(36)29(18,2)26(35)19(14)24(20)33/h9,14,16,18,22,31-33,36H,4-8,10-12H2,1-3H3,(H2,30,37)/t14?,18?,22?,29-/m0/s1. The number of carbonyl (C=O) groups excluding carboxylic acids is 3. The summed E-state index contributed by atoms with van der Waals surface area (Å²) >= 11 is 1.82. The fourth-order valence-corrected chi connectivity index (χ4v) is 8.49. The number of hydrogen-bond acceptors (Lipinski definition) is 8. The number of likely N-dealkylation sites (N-methyl/N-ethyl adjacent to an activating group) is 1. The molecule has 0 aliphatic heterocycles. The number of nitrogens with one attached hydrogen (secondary N) is 1. The number of thioether (sulfide) groups is 1. The number of phenolic OH excluding ortho intramolecular Hbond substituents is 1. The van der Waals surface area contributed by atoms with E-state index >= 15 is 0 Å². The van der Waals surface area contributed by atoms with Gasteiger partial charge in [0.1, 0.15) is 22.8 Å². The number of aromatic hydroxyl groups is 1. The third-order valence-electron chi connectivity index (χ3n) is 9.30. The molecule has 3 unspecified atom stereocenters. The minimum absolute atomic E-state index is 0.0121. The second kappa shape index (κ2) is 9.75. The molecular weight excluding hydrogens is 504 g/mol. The zero-order chi connectivity index (χ0) is 27.5. The van der Waals surface area contributed by atoms with Crippen molar-refractivity contribution in [3.63, 3.8) is 0 Å². The first-order valence-corrected chi connectivity index (χ1v) is 14.5. The summed E-state index contributed by atoms with van der Waals surface area (Å²) in [7, 11) is 1.57. The summed E-state index contributed by atoms with van der Waals surface area (Å²) in [5.74, 6) is -3.64. The number of benzene rings is 1. The van der Waals surface area contributed by atoms with Crippen LogP contribution in [0.25, 0.3) is 5.76 Å². The van der Waals surface area contributed by atoms with Crippen LogP contribution >= 0.6 is 11.8 Å². The Kier molecular flexibility index (Phi) is 6.88. The van der Waals surface area contributed by atoms with E-state index < -0.39 is 52.1 Å². The average molecular weight is 541 g/mol. The number of ketones is 2. The summed E-state index contributed by atoms with van der Waals surface area (Å²) in [4.78, 5) is 39.3. The molecule has 38 heavy (non-hydrogen) atoms. The molecule has 0 saturated heterocycles. The number of carbonyl (C=O) groups is 3. The highest BCUT2D eigenvalue weighted by atomic mass is 32.2. The normalized spacial score (nSPS) is 29.7. The third-order valence-corrected chi connectivity index (χ3v) is 10.7. The molecule has 0 bridgehead atoms. The molecule has 6 N–H and O–H groups in total. The van der Waals surface area contributed by atoms with Gasteiger partial charge in [-0.3, -0.25) is 14.4 Å². The summed E-state index contributed by atoms with van der Waals surface area (Å²) in [6.45, 7) is 3.46. The van der Waals surface area contributed by atoms with Crippen LogP contribution in [-0.2, 0) is 26.6 Å². The van der Waals surface area contributed by atoms with Crippen molar-refractivity contribution in [3.05, 3.63) is 45.2 Å². The first kappa shape index (κ1) is 26.8. The van der Waals surface area contributed by atoms with Gasteiger partial charge in [-0.05, 0) is 63.6 Å². The Labute approximate surface area is 226 Å². The van der Waals surface area contributed by atoms with Crippen LogP contribution in [0, 0.1) is 24.2 Å². The summed E-state index contributed by atoms with van der Waals surface area (Å²) in [5, 5.41) is 37.4. The lowest BCUT2D eigenvalue weighted by atomic mass is 9.53. The van der Waals surface area contributed by atoms with Crippen molar-refractivity contribution in [2.24, 2.45) is 23.0 Å². The van der Waals surface area contributed by atoms with Crippen LogP contribution in [0.5, 0.6) is 5.75 Å². The van der Waals surface area contributed by atoms with Crippen LogP contribution in [0.15, 0.2) is 23.0 Å². The number of allylic oxidation sites excluding steroid dienone is 2. The Balaban J connectivity index is 1.59. The molecule has 4 aliphatic carbocycles. The number of Topliss-reactive ketones (excluding diaryl/α,β-unsaturated/α-hetero) is 2. The van der Waals surface area contributed by atoms with Crippen molar-refractivity contribution >= 4 is 35.0 Å². The van der Waals surface area contributed by atoms with Crippen LogP contribution in [0.3, 0.4) is 0 Å². The SMILES string of the molecule is CNC1C(=O)C(C(N)=O)=C(O)[C@]2(C)C(=O)C3=C(O)c4c(O)c(CSC5CCCCC5)cc(C)c4CC3CC12. The highest BCUT2D eigenvalue weighted by molar-refractivity contribution is 7.99. The number of phenols is 1. The summed E-state index contributed by atoms with van der Waals surface area (Å²) in [6.07, 6.45) is 6.80. The van der Waals surface area contributed by atoms with Gasteiger partial charge in [0.05, 0.1) is 17.0 Å². The number of aryl methyl sites for hydroxylation is 1. The molecule has 0 radical (unpaired) electrons. The molecule has 0 heterocycles. The van der Waals surface area contributed by atoms with Gasteiger partial charge in [0, 0.05) is 28.1 Å². The van der Waals surface area contributed by atoms with Crippen molar-refractivity contribution in [2.75, 3.05) is 7.05 Å². The van der Waals surface area contributed by atoms with Crippen molar-refractivity contribution in [3.8, 4) is 5.75 Å². The predicted octanol–water partition coefficient (Wildman–Crippen LogP) is 3.77. The average Bonchev–Trinajstić information content (AvgIpc) is 2.88. The summed E-state index contributed by atoms with van der Waals surface area (Å²) < 4.78 is 0. The molecule has 0 aromatic heterocycles. The van der Waals surface area contributed by atoms with Gasteiger partial charge in [0.25, 0.3) is 5.91 Å². The van der Waals surface area contributed by atoms with Gasteiger partial charge in [-0.15, -0.1) is 0 Å². The van der Waals surface area contributed by atoms with E-state index in [9.17, 15) is 29.7 Å². The Morgan fingerprint density at radius 1 is 1.18 bits per heavy atom. The maximum absolute atomic E-state index is 14.1. The molecule has 1 aromatic carbocycles. The lowest BCUT2D eigenvalue weighted by Gasteiger charge is -2.50. The summed E-state index contributed by atoms with van der Waals surface area (Å²) in [5.41, 5.74) is 6.10. The monoisotopic (exact) mass is 540 g/mol. The Morgan fingerprint density at radius 2 is 1.87 bits per heavy atom. The largest absolute Gasteiger partial charge is 0.510 e. The zero-order valence-corrected chi connectivity index (χ0v) is 22.9. The smallest absolute Gasteiger partial charge is 0.255 e. The number of rotatable bonds is 5. The van der Waals surface area contributed by atoms with E-state index in [-0.39, 0.29) is 22.6 Å². The van der Waals surface area contributed by atoms with Gasteiger partial charge in [0.2, 0.25) is 0 Å². The number of aliphatic hydroxyl groups excluding tert-OH is 2. The van der Waals surface area contributed by atoms with E-state index in [1.54, 1.807) is 7.05 Å². The van der Waals surface area contributed by atoms with Crippen molar-refractivity contribution in [1.29, 1.82) is 0 Å². The van der Waals surface area contributed by atoms with Gasteiger partial charge < -0.3 is 26.4 Å². The number of aliphatic hydroxyl groups is 2. The van der Waals surface area contributed by atoms with Crippen LogP contribution in [-0.4, -0.2) is 51.1 Å². The molecule has 1 aromatic rings. The predicted molar refractivity (Wildman–Crippen MR) is 146 cm³/mol. The zero-order valence-electron chi connectivity index (χ0n) is 22.1. The van der Waals surface area contributed by atoms with E-state index in [1.807, 2.05) is 24.8 Å². The Bertz CT molecular complexity index is 1290. The molecule has 4 aliphatic rings. The van der Waals surface area contributed by atoms with Gasteiger partial charge in [-0.2, -0.15) is 11.8 Å². The first-order chi connectivity index (χ1) is 18.0. The molecule has 5 rings (SSSR count). The second-order valence-corrected chi connectivity index (χ2v) is 12.7. The number of hydrogen-bond donors (Lipinski definition) is 5. The van der Waals surface area contributed by atoms with Crippen LogP contribution < -0.4 is 11.1 Å². The van der Waals surface area contributed by atoms with E-state index in [2.05, 4.69) is 5.32 Å². The highest BCUT2D eigenvalue weighted by Crippen LogP contribution is 2.56. The molecular formula is C29H36N2O6S. The topological polar surface area (TPSA) is 150 Å². The number of fused-ring (bicyclic) bond motifs is 3. The van der Waals surface area contributed by atoms with Crippen LogP contribution in [0.2, 0.25) is 0 Å². The third kappa shape index (κ3) is 3.88. The summed E-state index contributed by atoms with van der Waals surface area (Å²) in [6, 6.07) is 1.09. The highest BCUT2D eigenvalue weighted by Gasteiger charge is 2.61. The second-order valence-electron chi connectivity index (χ2n) is 11.4. The molecule has 4 atom stereocenters. The van der Waals surface area contributed by atoms with Gasteiger partial charge >= 0.3 is 0 Å². The Morgan fingerprint density at radius 3 is 2.50 bits per heavy atom. The van der Waals surface area contributed by atoms with E-state index in [1.165, 1.54) is 39.0 Å².